The van der Waals surface area contributed by atoms with Crippen molar-refractivity contribution in [3.63, 3.8) is 0 Å². The zero-order valence-corrected chi connectivity index (χ0v) is 14.0. The molecule has 0 spiro atoms. The zero-order valence-electron chi connectivity index (χ0n) is 12.4. The molecule has 0 aliphatic rings. The van der Waals surface area contributed by atoms with Gasteiger partial charge in [-0.15, -0.1) is 0 Å². The van der Waals surface area contributed by atoms with Gasteiger partial charge in [-0.05, 0) is 34.1 Å². The van der Waals surface area contributed by atoms with Gasteiger partial charge in [0.25, 0.3) is 5.91 Å². The Morgan fingerprint density at radius 3 is 2.75 bits per heavy atom. The van der Waals surface area contributed by atoms with E-state index in [1.54, 1.807) is 24.3 Å². The molecule has 0 aliphatic carbocycles. The van der Waals surface area contributed by atoms with Gasteiger partial charge in [0, 0.05) is 16.1 Å². The van der Waals surface area contributed by atoms with Crippen LogP contribution in [0.5, 0.6) is 11.5 Å². The molecule has 2 aromatic carbocycles. The summed E-state index contributed by atoms with van der Waals surface area (Å²) in [6.07, 6.45) is 1.21. The first-order valence-corrected chi connectivity index (χ1v) is 7.36. The van der Waals surface area contributed by atoms with E-state index in [0.29, 0.717) is 10.0 Å². The topological polar surface area (TPSA) is 114 Å². The van der Waals surface area contributed by atoms with Gasteiger partial charge in [0.15, 0.2) is 5.75 Å². The molecule has 0 saturated carbocycles. The fourth-order valence-corrected chi connectivity index (χ4v) is 2.32. The molecule has 24 heavy (non-hydrogen) atoms. The molecule has 0 bridgehead atoms. The van der Waals surface area contributed by atoms with Gasteiger partial charge in [-0.3, -0.25) is 14.9 Å². The number of ether oxygens (including phenoxy) is 1. The predicted octanol–water partition coefficient (Wildman–Crippen LogP) is 2.84. The van der Waals surface area contributed by atoms with Crippen LogP contribution in [0, 0.1) is 10.1 Å². The lowest BCUT2D eigenvalue weighted by Gasteiger charge is -2.05. The number of phenolic OH excluding ortho intramolecular Hbond substituents is 1. The number of amides is 1. The quantitative estimate of drug-likeness (QED) is 0.460. The van der Waals surface area contributed by atoms with Gasteiger partial charge in [0.05, 0.1) is 23.8 Å². The number of rotatable bonds is 5. The van der Waals surface area contributed by atoms with Crippen LogP contribution in [-0.4, -0.2) is 29.3 Å². The Kier molecular flexibility index (Phi) is 5.48. The monoisotopic (exact) mass is 393 g/mol. The summed E-state index contributed by atoms with van der Waals surface area (Å²) >= 11 is 3.25. The van der Waals surface area contributed by atoms with Gasteiger partial charge in [-0.25, -0.2) is 5.43 Å². The number of halogens is 1. The molecular formula is C15H12BrN3O5. The lowest BCUT2D eigenvalue weighted by atomic mass is 10.2. The largest absolute Gasteiger partial charge is 0.500 e. The van der Waals surface area contributed by atoms with Crippen LogP contribution < -0.4 is 10.2 Å². The number of benzene rings is 2. The first-order chi connectivity index (χ1) is 11.4. The van der Waals surface area contributed by atoms with Crippen molar-refractivity contribution in [2.75, 3.05) is 7.11 Å². The van der Waals surface area contributed by atoms with E-state index in [9.17, 15) is 20.0 Å². The molecule has 0 saturated heterocycles. The number of nitro benzene ring substituents is 1. The molecule has 0 radical (unpaired) electrons. The maximum absolute atomic E-state index is 12.0. The lowest BCUT2D eigenvalue weighted by molar-refractivity contribution is -0.386. The molecule has 0 fully saturated rings. The molecule has 0 aromatic heterocycles. The minimum Gasteiger partial charge on any atom is -0.500 e. The van der Waals surface area contributed by atoms with Crippen molar-refractivity contribution in [3.05, 3.63) is 62.1 Å². The first kappa shape index (κ1) is 17.4. The normalized spacial score (nSPS) is 10.6. The maximum Gasteiger partial charge on any atom is 0.315 e. The second-order valence-electron chi connectivity index (χ2n) is 4.53. The molecule has 9 heteroatoms. The fraction of sp³-hybridized carbons (Fsp3) is 0.0667. The molecule has 0 unspecified atom stereocenters. The number of aromatic hydroxyl groups is 1. The first-order valence-electron chi connectivity index (χ1n) is 6.57. The Morgan fingerprint density at radius 1 is 1.42 bits per heavy atom. The van der Waals surface area contributed by atoms with Crippen LogP contribution in [0.25, 0.3) is 0 Å². The number of hydrazone groups is 1. The van der Waals surface area contributed by atoms with Crippen molar-refractivity contribution < 1.29 is 19.6 Å². The van der Waals surface area contributed by atoms with Crippen LogP contribution >= 0.6 is 15.9 Å². The third-order valence-electron chi connectivity index (χ3n) is 2.99. The fourth-order valence-electron chi connectivity index (χ4n) is 1.85. The standard InChI is InChI=1S/C15H12BrN3O5/c1-24-13-7-9(6-12(14(13)20)19(22)23)8-17-18-15(21)10-4-2-3-5-11(10)16/h2-8,20H,1H3,(H,18,21)/b17-8-. The second kappa shape index (κ2) is 7.55. The average Bonchev–Trinajstić information content (AvgIpc) is 2.56. The highest BCUT2D eigenvalue weighted by molar-refractivity contribution is 9.10. The zero-order chi connectivity index (χ0) is 17.7. The maximum atomic E-state index is 12.0. The average molecular weight is 394 g/mol. The van der Waals surface area contributed by atoms with E-state index in [1.807, 2.05) is 0 Å². The van der Waals surface area contributed by atoms with E-state index in [0.717, 1.165) is 6.07 Å². The summed E-state index contributed by atoms with van der Waals surface area (Å²) in [6, 6.07) is 9.28. The van der Waals surface area contributed by atoms with Gasteiger partial charge in [-0.1, -0.05) is 12.1 Å². The van der Waals surface area contributed by atoms with Crippen LogP contribution in [0.3, 0.4) is 0 Å². The van der Waals surface area contributed by atoms with E-state index < -0.39 is 22.3 Å². The molecule has 0 atom stereocenters. The second-order valence-corrected chi connectivity index (χ2v) is 5.38. The Bertz CT molecular complexity index is 823. The van der Waals surface area contributed by atoms with Crippen LogP contribution in [-0.2, 0) is 0 Å². The Morgan fingerprint density at radius 2 is 2.12 bits per heavy atom. The molecule has 124 valence electrons. The summed E-state index contributed by atoms with van der Waals surface area (Å²) in [7, 11) is 1.27. The van der Waals surface area contributed by atoms with Crippen LogP contribution in [0.2, 0.25) is 0 Å². The Labute approximate surface area is 145 Å². The highest BCUT2D eigenvalue weighted by atomic mass is 79.9. The number of nitro groups is 1. The lowest BCUT2D eigenvalue weighted by Crippen LogP contribution is -2.18. The van der Waals surface area contributed by atoms with Gasteiger partial charge in [0.1, 0.15) is 0 Å². The van der Waals surface area contributed by atoms with E-state index in [4.69, 9.17) is 4.74 Å². The molecule has 0 heterocycles. The number of hydrogen-bond donors (Lipinski definition) is 2. The van der Waals surface area contributed by atoms with E-state index in [1.165, 1.54) is 19.4 Å². The Balaban J connectivity index is 2.20. The van der Waals surface area contributed by atoms with Gasteiger partial charge < -0.3 is 9.84 Å². The van der Waals surface area contributed by atoms with Crippen molar-refractivity contribution in [3.8, 4) is 11.5 Å². The number of hydrogen-bond acceptors (Lipinski definition) is 6. The van der Waals surface area contributed by atoms with Crippen LogP contribution in [0.15, 0.2) is 46.0 Å². The third-order valence-corrected chi connectivity index (χ3v) is 3.68. The molecular weight excluding hydrogens is 382 g/mol. The third kappa shape index (κ3) is 3.87. The highest BCUT2D eigenvalue weighted by Crippen LogP contribution is 2.36. The summed E-state index contributed by atoms with van der Waals surface area (Å²) < 4.78 is 5.49. The summed E-state index contributed by atoms with van der Waals surface area (Å²) in [4.78, 5) is 22.2. The van der Waals surface area contributed by atoms with Crippen LogP contribution in [0.4, 0.5) is 5.69 Å². The van der Waals surface area contributed by atoms with E-state index in [2.05, 4.69) is 26.5 Å². The summed E-state index contributed by atoms with van der Waals surface area (Å²) in [6.45, 7) is 0. The molecule has 1 amide bonds. The number of nitrogens with one attached hydrogen (secondary N) is 1. The molecule has 2 aromatic rings. The predicted molar refractivity (Wildman–Crippen MR) is 90.5 cm³/mol. The van der Waals surface area contributed by atoms with Crippen molar-refractivity contribution in [1.29, 1.82) is 0 Å². The Hall–Kier alpha value is -2.94. The SMILES string of the molecule is COc1cc(/C=N\NC(=O)c2ccccc2Br)cc([N+](=O)[O-])c1O. The number of carbonyl (C=O) groups is 1. The summed E-state index contributed by atoms with van der Waals surface area (Å²) in [5.41, 5.74) is 2.47. The summed E-state index contributed by atoms with van der Waals surface area (Å²) in [5, 5.41) is 24.4. The summed E-state index contributed by atoms with van der Waals surface area (Å²) in [5.74, 6) is -1.08. The van der Waals surface area contributed by atoms with E-state index >= 15 is 0 Å². The number of phenols is 1. The molecule has 2 rings (SSSR count). The van der Waals surface area contributed by atoms with Crippen molar-refractivity contribution in [2.24, 2.45) is 5.10 Å². The highest BCUT2D eigenvalue weighted by Gasteiger charge is 2.19. The van der Waals surface area contributed by atoms with Gasteiger partial charge >= 0.3 is 5.69 Å². The smallest absolute Gasteiger partial charge is 0.315 e. The van der Waals surface area contributed by atoms with E-state index in [-0.39, 0.29) is 11.3 Å². The van der Waals surface area contributed by atoms with Gasteiger partial charge in [-0.2, -0.15) is 5.10 Å². The number of methoxy groups -OCH3 is 1. The molecule has 2 N–H and O–H groups in total. The molecule has 0 aliphatic heterocycles. The van der Waals surface area contributed by atoms with Gasteiger partial charge in [0.2, 0.25) is 5.75 Å². The number of nitrogens with zero attached hydrogens (tertiary/aromatic N) is 2. The molecule has 8 nitrogen and oxygen atoms in total. The minimum atomic E-state index is -0.741. The van der Waals surface area contributed by atoms with Crippen LogP contribution in [0.1, 0.15) is 15.9 Å². The minimum absolute atomic E-state index is 0.0669. The number of carbonyl (C=O) groups excluding carboxylic acids is 1. The van der Waals surface area contributed by atoms with Crippen molar-refractivity contribution in [2.45, 2.75) is 0 Å². The van der Waals surface area contributed by atoms with Crippen molar-refractivity contribution in [1.82, 2.24) is 5.43 Å². The van der Waals surface area contributed by atoms with Crippen molar-refractivity contribution >= 4 is 33.7 Å².